The van der Waals surface area contributed by atoms with Gasteiger partial charge in [-0.1, -0.05) is 37.5 Å². The lowest BCUT2D eigenvalue weighted by Crippen LogP contribution is -2.46. The maximum atomic E-state index is 13.6. The lowest BCUT2D eigenvalue weighted by molar-refractivity contribution is 0.251. The molecule has 1 aliphatic heterocycles. The molecular formula is C30H33N7O2. The molecular weight excluding hydrogens is 490 g/mol. The van der Waals surface area contributed by atoms with E-state index in [0.29, 0.717) is 24.4 Å². The summed E-state index contributed by atoms with van der Waals surface area (Å²) in [6, 6.07) is 14.3. The number of rotatable bonds is 6. The third-order valence-electron chi connectivity index (χ3n) is 7.73. The highest BCUT2D eigenvalue weighted by atomic mass is 16.5. The van der Waals surface area contributed by atoms with E-state index in [-0.39, 0.29) is 6.03 Å². The molecule has 2 aromatic heterocycles. The number of aromatic nitrogens is 4. The average molecular weight is 524 g/mol. The molecule has 1 fully saturated rings. The first-order chi connectivity index (χ1) is 19.0. The number of carbonyl (C=O) groups is 1. The highest BCUT2D eigenvalue weighted by Gasteiger charge is 2.32. The molecule has 0 atom stereocenters. The molecule has 0 spiro atoms. The highest BCUT2D eigenvalue weighted by molar-refractivity contribution is 6.05. The van der Waals surface area contributed by atoms with Crippen LogP contribution in [0, 0.1) is 6.92 Å². The van der Waals surface area contributed by atoms with Gasteiger partial charge in [0.2, 0.25) is 5.95 Å². The number of nitrogens with one attached hydrogen (secondary N) is 1. The summed E-state index contributed by atoms with van der Waals surface area (Å²) in [6.45, 7) is 2.42. The van der Waals surface area contributed by atoms with Gasteiger partial charge in [-0.05, 0) is 49.6 Å². The van der Waals surface area contributed by atoms with Gasteiger partial charge in [-0.3, -0.25) is 14.4 Å². The number of urea groups is 1. The molecule has 0 saturated heterocycles. The van der Waals surface area contributed by atoms with Crippen molar-refractivity contribution in [1.29, 1.82) is 0 Å². The van der Waals surface area contributed by atoms with Crippen molar-refractivity contribution in [2.75, 3.05) is 29.3 Å². The van der Waals surface area contributed by atoms with E-state index < -0.39 is 0 Å². The van der Waals surface area contributed by atoms with Gasteiger partial charge in [0, 0.05) is 36.1 Å². The molecule has 39 heavy (non-hydrogen) atoms. The summed E-state index contributed by atoms with van der Waals surface area (Å²) in [5, 5.41) is 3.48. The Morgan fingerprint density at radius 3 is 2.69 bits per heavy atom. The Bertz CT molecular complexity index is 1510. The fourth-order valence-corrected chi connectivity index (χ4v) is 5.59. The molecule has 6 rings (SSSR count). The van der Waals surface area contributed by atoms with Crippen LogP contribution in [0.2, 0.25) is 0 Å². The van der Waals surface area contributed by atoms with Crippen LogP contribution < -0.4 is 19.9 Å². The Kier molecular flexibility index (Phi) is 6.64. The number of benzene rings is 2. The molecule has 2 amide bonds. The molecule has 0 unspecified atom stereocenters. The first kappa shape index (κ1) is 24.9. The lowest BCUT2D eigenvalue weighted by Gasteiger charge is -2.35. The van der Waals surface area contributed by atoms with Crippen molar-refractivity contribution in [3.63, 3.8) is 0 Å². The standard InChI is InChI=1S/C30H33N7O2/c1-20-13-14-23(37-19-31-17-26(37)24-11-7-8-12-27(24)39-3)15-25(20)36-18-21-16-32-29(33-22-9-5-4-6-10-22)34-28(21)35(2)30(36)38/h7-8,11-17,19,22H,4-6,9-10,18H2,1-3H3,(H,32,33,34). The molecule has 2 aromatic carbocycles. The van der Waals surface area contributed by atoms with Crippen LogP contribution in [0.15, 0.2) is 61.2 Å². The van der Waals surface area contributed by atoms with Crippen LogP contribution in [0.3, 0.4) is 0 Å². The van der Waals surface area contributed by atoms with Crippen molar-refractivity contribution in [1.82, 2.24) is 19.5 Å². The second-order valence-corrected chi connectivity index (χ2v) is 10.3. The van der Waals surface area contributed by atoms with E-state index in [9.17, 15) is 4.79 Å². The predicted octanol–water partition coefficient (Wildman–Crippen LogP) is 5.97. The summed E-state index contributed by atoms with van der Waals surface area (Å²) in [5.41, 5.74) is 5.49. The number of para-hydroxylation sites is 1. The van der Waals surface area contributed by atoms with Gasteiger partial charge < -0.3 is 10.1 Å². The summed E-state index contributed by atoms with van der Waals surface area (Å²) >= 11 is 0. The second kappa shape index (κ2) is 10.4. The number of carbonyl (C=O) groups excluding carboxylic acids is 1. The van der Waals surface area contributed by atoms with Gasteiger partial charge in [0.15, 0.2) is 0 Å². The van der Waals surface area contributed by atoms with Crippen molar-refractivity contribution < 1.29 is 9.53 Å². The fourth-order valence-electron chi connectivity index (χ4n) is 5.59. The van der Waals surface area contributed by atoms with Crippen LogP contribution in [0.25, 0.3) is 16.9 Å². The third kappa shape index (κ3) is 4.69. The van der Waals surface area contributed by atoms with Crippen LogP contribution in [0.5, 0.6) is 5.75 Å². The van der Waals surface area contributed by atoms with E-state index in [0.717, 1.165) is 52.4 Å². The Hall–Kier alpha value is -4.40. The van der Waals surface area contributed by atoms with E-state index in [4.69, 9.17) is 9.72 Å². The van der Waals surface area contributed by atoms with Crippen LogP contribution in [-0.2, 0) is 6.54 Å². The largest absolute Gasteiger partial charge is 0.496 e. The van der Waals surface area contributed by atoms with Gasteiger partial charge >= 0.3 is 6.03 Å². The highest BCUT2D eigenvalue weighted by Crippen LogP contribution is 2.35. The number of anilines is 3. The summed E-state index contributed by atoms with van der Waals surface area (Å²) in [5.74, 6) is 2.02. The number of aryl methyl sites for hydroxylation is 1. The summed E-state index contributed by atoms with van der Waals surface area (Å²) in [6.07, 6.45) is 11.5. The van der Waals surface area contributed by atoms with Crippen LogP contribution >= 0.6 is 0 Å². The Labute approximate surface area is 228 Å². The number of fused-ring (bicyclic) bond motifs is 1. The van der Waals surface area contributed by atoms with Crippen molar-refractivity contribution >= 4 is 23.5 Å². The second-order valence-electron chi connectivity index (χ2n) is 10.3. The first-order valence-corrected chi connectivity index (χ1v) is 13.5. The number of methoxy groups -OCH3 is 1. The van der Waals surface area contributed by atoms with Crippen LogP contribution in [0.1, 0.15) is 43.2 Å². The number of hydrogen-bond acceptors (Lipinski definition) is 6. The number of imidazole rings is 1. The number of ether oxygens (including phenoxy) is 1. The van der Waals surface area contributed by atoms with Crippen molar-refractivity contribution in [2.45, 2.75) is 51.6 Å². The number of hydrogen-bond donors (Lipinski definition) is 1. The monoisotopic (exact) mass is 523 g/mol. The zero-order valence-electron chi connectivity index (χ0n) is 22.6. The molecule has 1 N–H and O–H groups in total. The molecule has 9 nitrogen and oxygen atoms in total. The van der Waals surface area contributed by atoms with Gasteiger partial charge in [-0.2, -0.15) is 4.98 Å². The normalized spacial score (nSPS) is 15.8. The zero-order valence-corrected chi connectivity index (χ0v) is 22.6. The van der Waals surface area contributed by atoms with E-state index in [1.54, 1.807) is 30.3 Å². The van der Waals surface area contributed by atoms with E-state index >= 15 is 0 Å². The van der Waals surface area contributed by atoms with Crippen molar-refractivity contribution in [3.05, 3.63) is 72.3 Å². The topological polar surface area (TPSA) is 88.4 Å². The minimum Gasteiger partial charge on any atom is -0.496 e. The number of nitrogens with zero attached hydrogens (tertiary/aromatic N) is 6. The predicted molar refractivity (Wildman–Crippen MR) is 153 cm³/mol. The van der Waals surface area contributed by atoms with Gasteiger partial charge in [0.25, 0.3) is 0 Å². The van der Waals surface area contributed by atoms with Crippen molar-refractivity contribution in [2.24, 2.45) is 0 Å². The SMILES string of the molecule is COc1ccccc1-c1cncn1-c1ccc(C)c(N2Cc3cnc(NC4CCCCC4)nc3N(C)C2=O)c1. The summed E-state index contributed by atoms with van der Waals surface area (Å²) in [7, 11) is 3.44. The molecule has 2 aliphatic rings. The Morgan fingerprint density at radius 1 is 1.05 bits per heavy atom. The molecule has 1 saturated carbocycles. The van der Waals surface area contributed by atoms with Gasteiger partial charge in [-0.25, -0.2) is 14.8 Å². The van der Waals surface area contributed by atoms with E-state index in [1.807, 2.05) is 66.3 Å². The molecule has 3 heterocycles. The van der Waals surface area contributed by atoms with Crippen LogP contribution in [0.4, 0.5) is 22.2 Å². The Morgan fingerprint density at radius 2 is 1.87 bits per heavy atom. The summed E-state index contributed by atoms with van der Waals surface area (Å²) < 4.78 is 7.61. The Balaban J connectivity index is 1.31. The maximum absolute atomic E-state index is 13.6. The van der Waals surface area contributed by atoms with Crippen LogP contribution in [-0.4, -0.2) is 45.7 Å². The first-order valence-electron chi connectivity index (χ1n) is 13.5. The molecule has 9 heteroatoms. The lowest BCUT2D eigenvalue weighted by atomic mass is 9.96. The minimum atomic E-state index is -0.124. The molecule has 1 aliphatic carbocycles. The zero-order chi connectivity index (χ0) is 26.9. The van der Waals surface area contributed by atoms with E-state index in [2.05, 4.69) is 15.3 Å². The smallest absolute Gasteiger partial charge is 0.330 e. The third-order valence-corrected chi connectivity index (χ3v) is 7.73. The van der Waals surface area contributed by atoms with Gasteiger partial charge in [0.05, 0.1) is 37.6 Å². The average Bonchev–Trinajstić information content (AvgIpc) is 3.46. The quantitative estimate of drug-likeness (QED) is 0.335. The van der Waals surface area contributed by atoms with E-state index in [1.165, 1.54) is 19.3 Å². The minimum absolute atomic E-state index is 0.124. The molecule has 0 radical (unpaired) electrons. The maximum Gasteiger partial charge on any atom is 0.330 e. The molecule has 4 aromatic rings. The summed E-state index contributed by atoms with van der Waals surface area (Å²) in [4.78, 5) is 30.8. The number of amides is 2. The van der Waals surface area contributed by atoms with Crippen molar-refractivity contribution in [3.8, 4) is 22.7 Å². The molecule has 200 valence electrons. The fraction of sp³-hybridized carbons (Fsp3) is 0.333. The van der Waals surface area contributed by atoms with Gasteiger partial charge in [0.1, 0.15) is 11.6 Å². The van der Waals surface area contributed by atoms with Gasteiger partial charge in [-0.15, -0.1) is 0 Å². The molecule has 0 bridgehead atoms.